The summed E-state index contributed by atoms with van der Waals surface area (Å²) < 4.78 is 5.97. The van der Waals surface area contributed by atoms with Crippen molar-refractivity contribution >= 4 is 0 Å². The quantitative estimate of drug-likeness (QED) is 0.779. The highest BCUT2D eigenvalue weighted by molar-refractivity contribution is 5.35. The molecular weight excluding hydrogens is 198 g/mol. The Bertz CT molecular complexity index is 382. The molecule has 0 saturated carbocycles. The van der Waals surface area contributed by atoms with Crippen LogP contribution in [0.3, 0.4) is 0 Å². The first-order chi connectivity index (χ1) is 7.84. The third-order valence-corrected chi connectivity index (χ3v) is 3.74. The summed E-state index contributed by atoms with van der Waals surface area (Å²) in [6.07, 6.45) is 3.89. The summed E-state index contributed by atoms with van der Waals surface area (Å²) in [7, 11) is 0. The molecule has 2 aliphatic rings. The van der Waals surface area contributed by atoms with Crippen molar-refractivity contribution in [3.05, 3.63) is 34.9 Å². The van der Waals surface area contributed by atoms with E-state index in [2.05, 4.69) is 30.4 Å². The summed E-state index contributed by atoms with van der Waals surface area (Å²) in [5, 5.41) is 3.56. The van der Waals surface area contributed by atoms with Gasteiger partial charge >= 0.3 is 0 Å². The van der Waals surface area contributed by atoms with E-state index in [-0.39, 0.29) is 6.10 Å². The lowest BCUT2D eigenvalue weighted by Gasteiger charge is -2.30. The van der Waals surface area contributed by atoms with Crippen molar-refractivity contribution in [1.29, 1.82) is 0 Å². The van der Waals surface area contributed by atoms with Gasteiger partial charge in [-0.15, -0.1) is 0 Å². The SMILES string of the molecule is Cc1ccc2c(c1)CCO[C@H]2[C@H]1CCCN1. The first-order valence-corrected chi connectivity index (χ1v) is 6.29. The number of hydrogen-bond acceptors (Lipinski definition) is 2. The summed E-state index contributed by atoms with van der Waals surface area (Å²) in [6, 6.07) is 7.31. The van der Waals surface area contributed by atoms with E-state index in [1.54, 1.807) is 0 Å². The summed E-state index contributed by atoms with van der Waals surface area (Å²) in [5.74, 6) is 0. The molecule has 2 heteroatoms. The van der Waals surface area contributed by atoms with Gasteiger partial charge < -0.3 is 10.1 Å². The summed E-state index contributed by atoms with van der Waals surface area (Å²) >= 11 is 0. The molecule has 16 heavy (non-hydrogen) atoms. The molecule has 2 atom stereocenters. The van der Waals surface area contributed by atoms with E-state index in [1.807, 2.05) is 0 Å². The summed E-state index contributed by atoms with van der Waals surface area (Å²) in [6.45, 7) is 4.18. The van der Waals surface area contributed by atoms with Crippen LogP contribution >= 0.6 is 0 Å². The topological polar surface area (TPSA) is 21.3 Å². The van der Waals surface area contributed by atoms with Gasteiger partial charge in [0.2, 0.25) is 0 Å². The first-order valence-electron chi connectivity index (χ1n) is 6.29. The predicted molar refractivity (Wildman–Crippen MR) is 64.6 cm³/mol. The number of rotatable bonds is 1. The fourth-order valence-corrected chi connectivity index (χ4v) is 2.92. The zero-order chi connectivity index (χ0) is 11.0. The molecule has 1 N–H and O–H groups in total. The molecule has 86 valence electrons. The first kappa shape index (κ1) is 10.3. The Morgan fingerprint density at radius 3 is 3.12 bits per heavy atom. The van der Waals surface area contributed by atoms with Crippen LogP contribution in [-0.4, -0.2) is 19.2 Å². The number of hydrogen-bond donors (Lipinski definition) is 1. The molecule has 0 aromatic heterocycles. The average molecular weight is 217 g/mol. The molecule has 2 heterocycles. The van der Waals surface area contributed by atoms with Gasteiger partial charge in [0.05, 0.1) is 12.7 Å². The Kier molecular flexibility index (Phi) is 2.70. The van der Waals surface area contributed by atoms with Crippen LogP contribution in [0.2, 0.25) is 0 Å². The molecule has 1 saturated heterocycles. The zero-order valence-corrected chi connectivity index (χ0v) is 9.83. The van der Waals surface area contributed by atoms with Crippen LogP contribution in [0.4, 0.5) is 0 Å². The highest BCUT2D eigenvalue weighted by Gasteiger charge is 2.30. The monoisotopic (exact) mass is 217 g/mol. The Balaban J connectivity index is 1.93. The van der Waals surface area contributed by atoms with Crippen LogP contribution < -0.4 is 5.32 Å². The van der Waals surface area contributed by atoms with E-state index in [4.69, 9.17) is 4.74 Å². The molecular formula is C14H19NO. The summed E-state index contributed by atoms with van der Waals surface area (Å²) in [5.41, 5.74) is 4.26. The molecule has 0 aliphatic carbocycles. The molecule has 0 radical (unpaired) electrons. The van der Waals surface area contributed by atoms with Crippen molar-refractivity contribution < 1.29 is 4.74 Å². The lowest BCUT2D eigenvalue weighted by Crippen LogP contribution is -2.33. The van der Waals surface area contributed by atoms with Crippen LogP contribution in [0.25, 0.3) is 0 Å². The van der Waals surface area contributed by atoms with Gasteiger partial charge in [0, 0.05) is 6.04 Å². The standard InChI is InChI=1S/C14H19NO/c1-10-4-5-12-11(9-10)6-8-16-14(12)13-3-2-7-15-13/h4-5,9,13-15H,2-3,6-8H2,1H3/t13-,14-/m1/s1. The second kappa shape index (κ2) is 4.19. The van der Waals surface area contributed by atoms with Crippen LogP contribution in [0.1, 0.15) is 35.6 Å². The molecule has 1 aromatic carbocycles. The molecule has 1 fully saturated rings. The fraction of sp³-hybridized carbons (Fsp3) is 0.571. The second-order valence-electron chi connectivity index (χ2n) is 4.95. The third kappa shape index (κ3) is 1.76. The Labute approximate surface area is 97.0 Å². The van der Waals surface area contributed by atoms with Crippen molar-refractivity contribution in [2.75, 3.05) is 13.2 Å². The van der Waals surface area contributed by atoms with Crippen molar-refractivity contribution in [3.8, 4) is 0 Å². The van der Waals surface area contributed by atoms with Crippen LogP contribution in [0.15, 0.2) is 18.2 Å². The minimum atomic E-state index is 0.284. The van der Waals surface area contributed by atoms with E-state index >= 15 is 0 Å². The van der Waals surface area contributed by atoms with Gasteiger partial charge in [-0.1, -0.05) is 23.8 Å². The molecule has 2 nitrogen and oxygen atoms in total. The zero-order valence-electron chi connectivity index (χ0n) is 9.83. The molecule has 1 aromatic rings. The van der Waals surface area contributed by atoms with Gasteiger partial charge in [-0.25, -0.2) is 0 Å². The number of benzene rings is 1. The highest BCUT2D eigenvalue weighted by atomic mass is 16.5. The fourth-order valence-electron chi connectivity index (χ4n) is 2.92. The van der Waals surface area contributed by atoms with Crippen molar-refractivity contribution in [1.82, 2.24) is 5.32 Å². The van der Waals surface area contributed by atoms with Crippen LogP contribution in [0, 0.1) is 6.92 Å². The minimum Gasteiger partial charge on any atom is -0.372 e. The number of aryl methyl sites for hydroxylation is 1. The minimum absolute atomic E-state index is 0.284. The van der Waals surface area contributed by atoms with Crippen molar-refractivity contribution in [2.24, 2.45) is 0 Å². The maximum atomic E-state index is 5.97. The van der Waals surface area contributed by atoms with E-state index in [9.17, 15) is 0 Å². The maximum Gasteiger partial charge on any atom is 0.0980 e. The molecule has 3 rings (SSSR count). The molecule has 0 amide bonds. The lowest BCUT2D eigenvalue weighted by atomic mass is 9.91. The molecule has 0 unspecified atom stereocenters. The van der Waals surface area contributed by atoms with Gasteiger partial charge in [-0.3, -0.25) is 0 Å². The Morgan fingerprint density at radius 1 is 1.38 bits per heavy atom. The normalized spacial score (nSPS) is 29.1. The van der Waals surface area contributed by atoms with Gasteiger partial charge in [-0.05, 0) is 43.9 Å². The van der Waals surface area contributed by atoms with Crippen LogP contribution in [-0.2, 0) is 11.2 Å². The number of ether oxygens (including phenoxy) is 1. The largest absolute Gasteiger partial charge is 0.372 e. The maximum absolute atomic E-state index is 5.97. The van der Waals surface area contributed by atoms with E-state index < -0.39 is 0 Å². The smallest absolute Gasteiger partial charge is 0.0980 e. The van der Waals surface area contributed by atoms with Crippen molar-refractivity contribution in [3.63, 3.8) is 0 Å². The second-order valence-corrected chi connectivity index (χ2v) is 4.95. The van der Waals surface area contributed by atoms with Gasteiger partial charge in [0.1, 0.15) is 0 Å². The van der Waals surface area contributed by atoms with Gasteiger partial charge in [0.25, 0.3) is 0 Å². The van der Waals surface area contributed by atoms with E-state index in [1.165, 1.54) is 29.5 Å². The predicted octanol–water partition coefficient (Wildman–Crippen LogP) is 2.36. The molecule has 0 bridgehead atoms. The Morgan fingerprint density at radius 2 is 2.31 bits per heavy atom. The lowest BCUT2D eigenvalue weighted by molar-refractivity contribution is 0.0199. The number of nitrogens with one attached hydrogen (secondary N) is 1. The average Bonchev–Trinajstić information content (AvgIpc) is 2.81. The number of fused-ring (bicyclic) bond motifs is 1. The van der Waals surface area contributed by atoms with Crippen molar-refractivity contribution in [2.45, 2.75) is 38.3 Å². The summed E-state index contributed by atoms with van der Waals surface area (Å²) in [4.78, 5) is 0. The molecule has 0 spiro atoms. The Hall–Kier alpha value is -0.860. The molecule has 2 aliphatic heterocycles. The third-order valence-electron chi connectivity index (χ3n) is 3.74. The van der Waals surface area contributed by atoms with E-state index in [0.29, 0.717) is 6.04 Å². The van der Waals surface area contributed by atoms with Gasteiger partial charge in [-0.2, -0.15) is 0 Å². The van der Waals surface area contributed by atoms with E-state index in [0.717, 1.165) is 19.6 Å². The highest BCUT2D eigenvalue weighted by Crippen LogP contribution is 2.33. The van der Waals surface area contributed by atoms with Crippen LogP contribution in [0.5, 0.6) is 0 Å². The van der Waals surface area contributed by atoms with Gasteiger partial charge in [0.15, 0.2) is 0 Å².